The maximum absolute atomic E-state index is 9.86. The van der Waals surface area contributed by atoms with Crippen LogP contribution < -0.4 is 0 Å². The van der Waals surface area contributed by atoms with Crippen molar-refractivity contribution in [2.45, 2.75) is 0 Å². The van der Waals surface area contributed by atoms with Crippen molar-refractivity contribution in [2.24, 2.45) is 0 Å². The van der Waals surface area contributed by atoms with Gasteiger partial charge in [0.15, 0.2) is 0 Å². The van der Waals surface area contributed by atoms with Crippen LogP contribution in [0.25, 0.3) is 22.2 Å². The molecule has 0 atom stereocenters. The van der Waals surface area contributed by atoms with Crippen LogP contribution in [-0.4, -0.2) is 15.1 Å². The highest BCUT2D eigenvalue weighted by atomic mass is 16.3. The number of rotatable bonds is 1. The fourth-order valence-corrected chi connectivity index (χ4v) is 1.89. The minimum Gasteiger partial charge on any atom is -0.507 e. The van der Waals surface area contributed by atoms with Crippen LogP contribution in [0.3, 0.4) is 0 Å². The fourth-order valence-electron chi connectivity index (χ4n) is 1.89. The summed E-state index contributed by atoms with van der Waals surface area (Å²) < 4.78 is 0. The SMILES string of the molecule is Oc1ccccc1-c1ncnc2ccccc12. The molecule has 0 fully saturated rings. The van der Waals surface area contributed by atoms with Crippen molar-refractivity contribution >= 4 is 10.9 Å². The Morgan fingerprint density at radius 2 is 1.59 bits per heavy atom. The van der Waals surface area contributed by atoms with Gasteiger partial charge in [-0.15, -0.1) is 0 Å². The molecule has 3 rings (SSSR count). The van der Waals surface area contributed by atoms with Crippen molar-refractivity contribution < 1.29 is 5.11 Å². The van der Waals surface area contributed by atoms with E-state index in [4.69, 9.17) is 0 Å². The molecular weight excluding hydrogens is 212 g/mol. The largest absolute Gasteiger partial charge is 0.507 e. The summed E-state index contributed by atoms with van der Waals surface area (Å²) >= 11 is 0. The second-order valence-electron chi connectivity index (χ2n) is 3.76. The molecule has 0 aliphatic rings. The van der Waals surface area contributed by atoms with Crippen LogP contribution in [-0.2, 0) is 0 Å². The van der Waals surface area contributed by atoms with Crippen molar-refractivity contribution in [1.29, 1.82) is 0 Å². The lowest BCUT2D eigenvalue weighted by Gasteiger charge is -2.06. The van der Waals surface area contributed by atoms with Crippen LogP contribution in [0.5, 0.6) is 5.75 Å². The van der Waals surface area contributed by atoms with Gasteiger partial charge in [0.1, 0.15) is 12.1 Å². The van der Waals surface area contributed by atoms with Gasteiger partial charge in [-0.25, -0.2) is 9.97 Å². The second kappa shape index (κ2) is 3.87. The van der Waals surface area contributed by atoms with Crippen molar-refractivity contribution in [1.82, 2.24) is 9.97 Å². The lowest BCUT2D eigenvalue weighted by molar-refractivity contribution is 0.477. The highest BCUT2D eigenvalue weighted by Gasteiger charge is 2.08. The van der Waals surface area contributed by atoms with Crippen LogP contribution in [0.1, 0.15) is 0 Å². The van der Waals surface area contributed by atoms with E-state index >= 15 is 0 Å². The molecule has 0 aliphatic carbocycles. The van der Waals surface area contributed by atoms with Gasteiger partial charge in [0, 0.05) is 10.9 Å². The fraction of sp³-hybridized carbons (Fsp3) is 0. The number of phenolic OH excluding ortho intramolecular Hbond substituents is 1. The zero-order valence-corrected chi connectivity index (χ0v) is 9.04. The Hall–Kier alpha value is -2.42. The van der Waals surface area contributed by atoms with E-state index in [-0.39, 0.29) is 5.75 Å². The molecule has 0 saturated heterocycles. The van der Waals surface area contributed by atoms with E-state index in [1.165, 1.54) is 6.33 Å². The topological polar surface area (TPSA) is 46.0 Å². The number of aromatic hydroxyl groups is 1. The predicted octanol–water partition coefficient (Wildman–Crippen LogP) is 3.00. The molecule has 0 saturated carbocycles. The smallest absolute Gasteiger partial charge is 0.124 e. The number of hydrogen-bond donors (Lipinski definition) is 1. The number of aromatic nitrogens is 2. The Bertz CT molecular complexity index is 674. The Labute approximate surface area is 98.4 Å². The predicted molar refractivity (Wildman–Crippen MR) is 66.6 cm³/mol. The summed E-state index contributed by atoms with van der Waals surface area (Å²) in [5.74, 6) is 0.233. The number of hydrogen-bond acceptors (Lipinski definition) is 3. The van der Waals surface area contributed by atoms with Crippen molar-refractivity contribution in [2.75, 3.05) is 0 Å². The second-order valence-corrected chi connectivity index (χ2v) is 3.76. The van der Waals surface area contributed by atoms with Gasteiger partial charge >= 0.3 is 0 Å². The summed E-state index contributed by atoms with van der Waals surface area (Å²) in [5.41, 5.74) is 2.36. The van der Waals surface area contributed by atoms with E-state index in [9.17, 15) is 5.11 Å². The zero-order chi connectivity index (χ0) is 11.7. The minimum absolute atomic E-state index is 0.233. The third kappa shape index (κ3) is 1.61. The summed E-state index contributed by atoms with van der Waals surface area (Å²) in [7, 11) is 0. The molecule has 3 heteroatoms. The Morgan fingerprint density at radius 1 is 0.824 bits per heavy atom. The molecule has 0 radical (unpaired) electrons. The number of para-hydroxylation sites is 2. The Balaban J connectivity index is 2.35. The lowest BCUT2D eigenvalue weighted by Crippen LogP contribution is -1.88. The van der Waals surface area contributed by atoms with Gasteiger partial charge in [-0.05, 0) is 18.2 Å². The maximum Gasteiger partial charge on any atom is 0.124 e. The number of benzene rings is 2. The van der Waals surface area contributed by atoms with E-state index in [2.05, 4.69) is 9.97 Å². The summed E-state index contributed by atoms with van der Waals surface area (Å²) in [6, 6.07) is 14.9. The molecular formula is C14H10N2O. The van der Waals surface area contributed by atoms with Crippen LogP contribution >= 0.6 is 0 Å². The van der Waals surface area contributed by atoms with Gasteiger partial charge < -0.3 is 5.11 Å². The first-order valence-corrected chi connectivity index (χ1v) is 5.34. The van der Waals surface area contributed by atoms with E-state index in [0.29, 0.717) is 0 Å². The van der Waals surface area contributed by atoms with Crippen molar-refractivity contribution in [3.8, 4) is 17.0 Å². The highest BCUT2D eigenvalue weighted by molar-refractivity contribution is 5.93. The minimum atomic E-state index is 0.233. The monoisotopic (exact) mass is 222 g/mol. The number of nitrogens with zero attached hydrogens (tertiary/aromatic N) is 2. The molecule has 2 aromatic carbocycles. The highest BCUT2D eigenvalue weighted by Crippen LogP contribution is 2.31. The van der Waals surface area contributed by atoms with Gasteiger partial charge in [0.05, 0.1) is 11.2 Å². The van der Waals surface area contributed by atoms with E-state index < -0.39 is 0 Å². The molecule has 3 nitrogen and oxygen atoms in total. The quantitative estimate of drug-likeness (QED) is 0.688. The molecule has 1 N–H and O–H groups in total. The molecule has 17 heavy (non-hydrogen) atoms. The van der Waals surface area contributed by atoms with Crippen LogP contribution in [0, 0.1) is 0 Å². The number of phenols is 1. The van der Waals surface area contributed by atoms with Gasteiger partial charge in [0.2, 0.25) is 0 Å². The summed E-state index contributed by atoms with van der Waals surface area (Å²) in [5, 5.41) is 10.8. The Morgan fingerprint density at radius 3 is 2.47 bits per heavy atom. The molecule has 1 aromatic heterocycles. The van der Waals surface area contributed by atoms with E-state index in [0.717, 1.165) is 22.2 Å². The lowest BCUT2D eigenvalue weighted by atomic mass is 10.1. The molecule has 0 spiro atoms. The third-order valence-electron chi connectivity index (χ3n) is 2.70. The Kier molecular flexibility index (Phi) is 2.22. The van der Waals surface area contributed by atoms with Crippen LogP contribution in [0.2, 0.25) is 0 Å². The van der Waals surface area contributed by atoms with Gasteiger partial charge in [-0.1, -0.05) is 30.3 Å². The average Bonchev–Trinajstić information content (AvgIpc) is 2.39. The molecule has 1 heterocycles. The molecule has 82 valence electrons. The first-order chi connectivity index (χ1) is 8.36. The van der Waals surface area contributed by atoms with E-state index in [1.807, 2.05) is 36.4 Å². The van der Waals surface area contributed by atoms with Crippen LogP contribution in [0.4, 0.5) is 0 Å². The van der Waals surface area contributed by atoms with Gasteiger partial charge in [-0.2, -0.15) is 0 Å². The van der Waals surface area contributed by atoms with Crippen molar-refractivity contribution in [3.63, 3.8) is 0 Å². The normalized spacial score (nSPS) is 10.6. The summed E-state index contributed by atoms with van der Waals surface area (Å²) in [6.45, 7) is 0. The standard InChI is InChI=1S/C14H10N2O/c17-13-8-4-2-6-11(13)14-10-5-1-3-7-12(10)15-9-16-14/h1-9,17H. The molecule has 0 unspecified atom stereocenters. The zero-order valence-electron chi connectivity index (χ0n) is 9.04. The number of fused-ring (bicyclic) bond motifs is 1. The van der Waals surface area contributed by atoms with E-state index in [1.54, 1.807) is 12.1 Å². The first-order valence-electron chi connectivity index (χ1n) is 5.34. The summed E-state index contributed by atoms with van der Waals surface area (Å²) in [4.78, 5) is 8.47. The maximum atomic E-state index is 9.86. The molecule has 0 aliphatic heterocycles. The van der Waals surface area contributed by atoms with Gasteiger partial charge in [0.25, 0.3) is 0 Å². The third-order valence-corrected chi connectivity index (χ3v) is 2.70. The molecule has 3 aromatic rings. The van der Waals surface area contributed by atoms with Gasteiger partial charge in [-0.3, -0.25) is 0 Å². The average molecular weight is 222 g/mol. The van der Waals surface area contributed by atoms with Crippen LogP contribution in [0.15, 0.2) is 54.9 Å². The summed E-state index contributed by atoms with van der Waals surface area (Å²) in [6.07, 6.45) is 1.52. The molecule has 0 amide bonds. The van der Waals surface area contributed by atoms with Crippen molar-refractivity contribution in [3.05, 3.63) is 54.9 Å². The molecule has 0 bridgehead atoms. The first kappa shape index (κ1) is 9.78.